The van der Waals surface area contributed by atoms with Crippen LogP contribution in [-0.2, 0) is 9.47 Å². The topological polar surface area (TPSA) is 42.0 Å². The van der Waals surface area contributed by atoms with Crippen LogP contribution < -0.4 is 0 Å². The molecule has 0 bridgehead atoms. The van der Waals surface area contributed by atoms with Gasteiger partial charge in [-0.15, -0.1) is 0 Å². The molecule has 6 rings (SSSR count). The molecule has 3 nitrogen and oxygen atoms in total. The fraction of sp³-hybridized carbons (Fsp3) is 1.00. The van der Waals surface area contributed by atoms with Crippen molar-refractivity contribution in [2.24, 2.45) is 44.8 Å². The average Bonchev–Trinajstić information content (AvgIpc) is 3.40. The summed E-state index contributed by atoms with van der Waals surface area (Å²) in [5.41, 5.74) is 1.37. The first-order chi connectivity index (χ1) is 15.7. The first kappa shape index (κ1) is 24.2. The van der Waals surface area contributed by atoms with E-state index in [9.17, 15) is 5.11 Å². The molecule has 1 aliphatic heterocycles. The second-order valence-corrected chi connectivity index (χ2v) is 15.9. The summed E-state index contributed by atoms with van der Waals surface area (Å²) in [6, 6.07) is 0. The average molecular weight is 473 g/mol. The second-order valence-electron chi connectivity index (χ2n) is 15.9. The maximum absolute atomic E-state index is 11.0. The van der Waals surface area contributed by atoms with Gasteiger partial charge in [-0.2, -0.15) is 0 Å². The highest BCUT2D eigenvalue weighted by molar-refractivity contribution is 5.31. The molecule has 0 spiro atoms. The lowest BCUT2D eigenvalue weighted by atomic mass is 9.41. The Bertz CT molecular complexity index is 865. The number of fused-ring (bicyclic) bond motifs is 4. The van der Waals surface area contributed by atoms with Gasteiger partial charge in [0.25, 0.3) is 0 Å². The first-order valence-corrected chi connectivity index (χ1v) is 14.6. The van der Waals surface area contributed by atoms with E-state index in [1.165, 1.54) is 57.8 Å². The van der Waals surface area contributed by atoms with Crippen molar-refractivity contribution in [2.75, 3.05) is 7.11 Å². The van der Waals surface area contributed by atoms with E-state index in [-0.39, 0.29) is 33.6 Å². The molecule has 1 saturated heterocycles. The third kappa shape index (κ3) is 2.61. The zero-order chi connectivity index (χ0) is 24.6. The van der Waals surface area contributed by atoms with Gasteiger partial charge in [0.2, 0.25) is 0 Å². The summed E-state index contributed by atoms with van der Waals surface area (Å²) in [4.78, 5) is 0. The lowest BCUT2D eigenvalue weighted by Crippen LogP contribution is -2.60. The predicted molar refractivity (Wildman–Crippen MR) is 136 cm³/mol. The minimum Gasteiger partial charge on any atom is -0.393 e. The first-order valence-electron chi connectivity index (χ1n) is 14.6. The van der Waals surface area contributed by atoms with Gasteiger partial charge < -0.3 is 14.6 Å². The number of hydrogen-bond donors (Lipinski definition) is 1. The summed E-state index contributed by atoms with van der Waals surface area (Å²) in [6.45, 7) is 17.6. The minimum absolute atomic E-state index is 0.0114. The third-order valence-electron chi connectivity index (χ3n) is 14.2. The lowest BCUT2D eigenvalue weighted by molar-refractivity contribution is -0.182. The Kier molecular flexibility index (Phi) is 4.88. The van der Waals surface area contributed by atoms with Crippen molar-refractivity contribution in [1.82, 2.24) is 0 Å². The molecule has 5 saturated carbocycles. The molecule has 0 amide bonds. The fourth-order valence-corrected chi connectivity index (χ4v) is 12.6. The number of aliphatic hydroxyl groups excluding tert-OH is 1. The van der Waals surface area contributed by atoms with Crippen LogP contribution in [-0.4, -0.2) is 35.6 Å². The van der Waals surface area contributed by atoms with E-state index in [1.54, 1.807) is 0 Å². The van der Waals surface area contributed by atoms with Gasteiger partial charge in [0.05, 0.1) is 17.8 Å². The molecule has 10 unspecified atom stereocenters. The molecule has 0 aromatic carbocycles. The van der Waals surface area contributed by atoms with Gasteiger partial charge in [0.15, 0.2) is 0 Å². The van der Waals surface area contributed by atoms with Gasteiger partial charge in [0.1, 0.15) is 5.60 Å². The molecule has 5 aliphatic carbocycles. The largest absolute Gasteiger partial charge is 0.393 e. The van der Waals surface area contributed by atoms with Crippen LogP contribution in [0.2, 0.25) is 0 Å². The molecular weight excluding hydrogens is 420 g/mol. The molecule has 3 heteroatoms. The van der Waals surface area contributed by atoms with Crippen molar-refractivity contribution < 1.29 is 14.6 Å². The summed E-state index contributed by atoms with van der Waals surface area (Å²) < 4.78 is 13.2. The Morgan fingerprint density at radius 2 is 1.38 bits per heavy atom. The van der Waals surface area contributed by atoms with E-state index in [2.05, 4.69) is 48.5 Å². The van der Waals surface area contributed by atoms with Crippen LogP contribution in [0, 0.1) is 44.8 Å². The Morgan fingerprint density at radius 3 is 2.09 bits per heavy atom. The summed E-state index contributed by atoms with van der Waals surface area (Å²) >= 11 is 0. The van der Waals surface area contributed by atoms with Gasteiger partial charge in [-0.25, -0.2) is 0 Å². The highest BCUT2D eigenvalue weighted by Crippen LogP contribution is 2.80. The van der Waals surface area contributed by atoms with Crippen LogP contribution in [0.4, 0.5) is 0 Å². The van der Waals surface area contributed by atoms with E-state index < -0.39 is 0 Å². The van der Waals surface area contributed by atoms with E-state index >= 15 is 0 Å². The quantitative estimate of drug-likeness (QED) is 0.412. The summed E-state index contributed by atoms with van der Waals surface area (Å²) in [5, 5.41) is 11.0. The smallest absolute Gasteiger partial charge is 0.104 e. The van der Waals surface area contributed by atoms with Crippen LogP contribution in [0.25, 0.3) is 0 Å². The third-order valence-corrected chi connectivity index (χ3v) is 14.2. The molecule has 0 aromatic heterocycles. The lowest BCUT2D eigenvalue weighted by Gasteiger charge is -2.64. The molecular formula is C31H52O3. The standard InChI is InChI=1S/C31H52O3/c1-25(2)21-10-17-30-19-27(5)14-9-20-26(3,4)24(33-8)13-15-28(20,6)22(27)11-18-31(30,34-30)29(21,7)16-12-23(25)32/h20-24,32H,9-19H2,1-8H3. The maximum atomic E-state index is 11.0. The Morgan fingerprint density at radius 1 is 0.706 bits per heavy atom. The molecule has 194 valence electrons. The monoisotopic (exact) mass is 472 g/mol. The molecule has 6 fully saturated rings. The zero-order valence-corrected chi connectivity index (χ0v) is 23.4. The number of hydrogen-bond acceptors (Lipinski definition) is 3. The molecule has 6 aliphatic rings. The van der Waals surface area contributed by atoms with Crippen LogP contribution in [0.1, 0.15) is 119 Å². The van der Waals surface area contributed by atoms with Gasteiger partial charge in [-0.1, -0.05) is 48.5 Å². The molecule has 1 heterocycles. The summed E-state index contributed by atoms with van der Waals surface area (Å²) in [6.07, 6.45) is 13.8. The van der Waals surface area contributed by atoms with Gasteiger partial charge in [0, 0.05) is 12.5 Å². The number of methoxy groups -OCH3 is 1. The van der Waals surface area contributed by atoms with E-state index in [0.717, 1.165) is 24.7 Å². The molecule has 1 N–H and O–H groups in total. The Hall–Kier alpha value is -0.120. The second kappa shape index (κ2) is 6.84. The van der Waals surface area contributed by atoms with Crippen LogP contribution in [0.15, 0.2) is 0 Å². The highest BCUT2D eigenvalue weighted by Gasteiger charge is 2.83. The van der Waals surface area contributed by atoms with Crippen molar-refractivity contribution in [3.63, 3.8) is 0 Å². The van der Waals surface area contributed by atoms with Crippen molar-refractivity contribution in [3.8, 4) is 0 Å². The Labute approximate surface area is 209 Å². The summed E-state index contributed by atoms with van der Waals surface area (Å²) in [7, 11) is 1.93. The van der Waals surface area contributed by atoms with E-state index in [0.29, 0.717) is 22.9 Å². The molecule has 0 radical (unpaired) electrons. The normalized spacial score (nSPS) is 59.4. The minimum atomic E-state index is -0.169. The fourth-order valence-electron chi connectivity index (χ4n) is 12.6. The molecule has 0 aromatic rings. The van der Waals surface area contributed by atoms with Crippen molar-refractivity contribution in [1.29, 1.82) is 0 Å². The Balaban J connectivity index is 1.37. The van der Waals surface area contributed by atoms with Gasteiger partial charge >= 0.3 is 0 Å². The SMILES string of the molecule is COC1CCC2(C)C3CCC45OC4(CCC4C(C)(C)C(O)CCC45C)CC3(C)CCC2C1(C)C. The maximum Gasteiger partial charge on any atom is 0.104 e. The number of epoxide rings is 1. The van der Waals surface area contributed by atoms with Crippen LogP contribution >= 0.6 is 0 Å². The van der Waals surface area contributed by atoms with E-state index in [1.807, 2.05) is 7.11 Å². The molecule has 10 atom stereocenters. The zero-order valence-electron chi connectivity index (χ0n) is 23.4. The van der Waals surface area contributed by atoms with Crippen molar-refractivity contribution >= 4 is 0 Å². The highest BCUT2D eigenvalue weighted by atomic mass is 16.6. The summed E-state index contributed by atoms with van der Waals surface area (Å²) in [5.74, 6) is 2.09. The molecule has 34 heavy (non-hydrogen) atoms. The van der Waals surface area contributed by atoms with Gasteiger partial charge in [-0.3, -0.25) is 0 Å². The van der Waals surface area contributed by atoms with Crippen molar-refractivity contribution in [2.45, 2.75) is 143 Å². The number of rotatable bonds is 1. The number of ether oxygens (including phenoxy) is 2. The van der Waals surface area contributed by atoms with Crippen molar-refractivity contribution in [3.05, 3.63) is 0 Å². The van der Waals surface area contributed by atoms with Gasteiger partial charge in [-0.05, 0) is 110 Å². The van der Waals surface area contributed by atoms with Crippen LogP contribution in [0.5, 0.6) is 0 Å². The predicted octanol–water partition coefficient (Wildman–Crippen LogP) is 7.15. The number of aliphatic hydroxyl groups is 1. The van der Waals surface area contributed by atoms with E-state index in [4.69, 9.17) is 9.47 Å². The van der Waals surface area contributed by atoms with Crippen LogP contribution in [0.3, 0.4) is 0 Å².